The molecule has 30 heavy (non-hydrogen) atoms. The number of H-pyrrole nitrogens is 1. The first-order valence-electron chi connectivity index (χ1n) is 11.0. The third kappa shape index (κ3) is 7.93. The second kappa shape index (κ2) is 14.4. The van der Waals surface area contributed by atoms with Gasteiger partial charge in [-0.15, -0.1) is 0 Å². The average Bonchev–Trinajstić information content (AvgIpc) is 3.32. The van der Waals surface area contributed by atoms with Crippen LogP contribution in [0.2, 0.25) is 5.02 Å². The van der Waals surface area contributed by atoms with Gasteiger partial charge in [0.1, 0.15) is 5.69 Å². The number of ether oxygens (including phenoxy) is 1. The predicted octanol–water partition coefficient (Wildman–Crippen LogP) is 4.05. The molecule has 2 atom stereocenters. The fraction of sp³-hybridized carbons (Fsp3) is 0.727. The van der Waals surface area contributed by atoms with Crippen molar-refractivity contribution in [2.45, 2.75) is 77.4 Å². The van der Waals surface area contributed by atoms with Gasteiger partial charge in [0.25, 0.3) is 12.0 Å². The molecule has 172 valence electrons. The van der Waals surface area contributed by atoms with Crippen LogP contribution in [-0.4, -0.2) is 54.4 Å². The summed E-state index contributed by atoms with van der Waals surface area (Å²) in [6.45, 7) is 10.2. The number of unbranched alkanes of at least 4 members (excludes halogenated alkanes) is 2. The second-order valence-electron chi connectivity index (χ2n) is 7.69. The van der Waals surface area contributed by atoms with Gasteiger partial charge in [-0.1, -0.05) is 44.7 Å². The number of carboxylic acid groups (broad SMARTS) is 1. The standard InChI is InChI=1S/C17H27ClN2O2.C4H9N.CH2O2/c1-4-6-7-8-17(5-2)13(3)20(9-10-22-17)15-11-14(18)12-19-16(15)21;1-2-4-5-3-1;2-1-3/h11-13H,4-10H2,1-3H3,(H,19,21);5H,1-4H2;1H,(H,2,3). The molecule has 2 aliphatic rings. The van der Waals surface area contributed by atoms with Crippen molar-refractivity contribution in [2.24, 2.45) is 0 Å². The number of hydrogen-bond donors (Lipinski definition) is 3. The molecule has 7 nitrogen and oxygen atoms in total. The van der Waals surface area contributed by atoms with Gasteiger partial charge < -0.3 is 25.0 Å². The molecule has 2 saturated heterocycles. The van der Waals surface area contributed by atoms with Crippen LogP contribution < -0.4 is 15.8 Å². The van der Waals surface area contributed by atoms with E-state index in [-0.39, 0.29) is 23.7 Å². The van der Waals surface area contributed by atoms with Gasteiger partial charge >= 0.3 is 0 Å². The maximum Gasteiger partial charge on any atom is 0.290 e. The van der Waals surface area contributed by atoms with Gasteiger partial charge in [-0.05, 0) is 51.8 Å². The Morgan fingerprint density at radius 1 is 1.33 bits per heavy atom. The molecule has 0 saturated carbocycles. The molecule has 3 rings (SSSR count). The van der Waals surface area contributed by atoms with E-state index in [0.29, 0.717) is 17.3 Å². The highest BCUT2D eigenvalue weighted by atomic mass is 35.5. The Morgan fingerprint density at radius 2 is 2.00 bits per heavy atom. The van der Waals surface area contributed by atoms with E-state index in [1.807, 2.05) is 0 Å². The smallest absolute Gasteiger partial charge is 0.290 e. The number of anilines is 1. The van der Waals surface area contributed by atoms with E-state index in [1.165, 1.54) is 45.0 Å². The molecule has 2 unspecified atom stereocenters. The summed E-state index contributed by atoms with van der Waals surface area (Å²) in [7, 11) is 0. The summed E-state index contributed by atoms with van der Waals surface area (Å²) < 4.78 is 6.21. The maximum absolute atomic E-state index is 12.2. The first-order valence-corrected chi connectivity index (χ1v) is 11.4. The van der Waals surface area contributed by atoms with Crippen molar-refractivity contribution in [3.8, 4) is 0 Å². The number of morpholine rings is 1. The molecule has 0 spiro atoms. The molecule has 0 radical (unpaired) electrons. The summed E-state index contributed by atoms with van der Waals surface area (Å²) >= 11 is 6.06. The van der Waals surface area contributed by atoms with Gasteiger partial charge in [-0.2, -0.15) is 0 Å². The highest BCUT2D eigenvalue weighted by Crippen LogP contribution is 2.35. The van der Waals surface area contributed by atoms with E-state index < -0.39 is 0 Å². The molecule has 0 aromatic carbocycles. The molecule has 8 heteroatoms. The summed E-state index contributed by atoms with van der Waals surface area (Å²) in [4.78, 5) is 25.4. The Morgan fingerprint density at radius 3 is 2.53 bits per heavy atom. The first kappa shape index (κ1) is 26.5. The SMILES string of the molecule is C1CCNC1.CCCCCC1(CC)OCCN(c2cc(Cl)c[nH]c2=O)C1C.O=CO. The monoisotopic (exact) mass is 443 g/mol. The normalized spacial score (nSPS) is 23.1. The van der Waals surface area contributed by atoms with Crippen LogP contribution >= 0.6 is 11.6 Å². The predicted molar refractivity (Wildman–Crippen MR) is 123 cm³/mol. The molecule has 2 fully saturated rings. The first-order chi connectivity index (χ1) is 14.5. The van der Waals surface area contributed by atoms with Crippen molar-refractivity contribution in [3.05, 3.63) is 27.6 Å². The lowest BCUT2D eigenvalue weighted by molar-refractivity contribution is -0.122. The van der Waals surface area contributed by atoms with Crippen molar-refractivity contribution in [3.63, 3.8) is 0 Å². The minimum Gasteiger partial charge on any atom is -0.483 e. The van der Waals surface area contributed by atoms with E-state index in [4.69, 9.17) is 26.2 Å². The van der Waals surface area contributed by atoms with Crippen molar-refractivity contribution in [1.29, 1.82) is 0 Å². The quantitative estimate of drug-likeness (QED) is 0.453. The highest BCUT2D eigenvalue weighted by Gasteiger charge is 2.42. The number of nitrogens with zero attached hydrogens (tertiary/aromatic N) is 1. The van der Waals surface area contributed by atoms with Crippen LogP contribution in [0, 0.1) is 0 Å². The van der Waals surface area contributed by atoms with E-state index in [9.17, 15) is 4.79 Å². The Hall–Kier alpha value is -1.57. The van der Waals surface area contributed by atoms with Crippen LogP contribution in [0.25, 0.3) is 0 Å². The molecule has 3 N–H and O–H groups in total. The zero-order valence-corrected chi connectivity index (χ0v) is 19.3. The number of rotatable bonds is 6. The van der Waals surface area contributed by atoms with Crippen LogP contribution in [0.3, 0.4) is 0 Å². The number of nitrogens with one attached hydrogen (secondary N) is 2. The summed E-state index contributed by atoms with van der Waals surface area (Å²) in [5.41, 5.74) is 0.385. The maximum atomic E-state index is 12.2. The highest BCUT2D eigenvalue weighted by molar-refractivity contribution is 6.30. The summed E-state index contributed by atoms with van der Waals surface area (Å²) in [6, 6.07) is 1.91. The average molecular weight is 444 g/mol. The van der Waals surface area contributed by atoms with Crippen molar-refractivity contribution in [1.82, 2.24) is 10.3 Å². The van der Waals surface area contributed by atoms with Crippen LogP contribution in [-0.2, 0) is 9.53 Å². The Bertz CT molecular complexity index is 658. The van der Waals surface area contributed by atoms with Crippen LogP contribution in [0.4, 0.5) is 5.69 Å². The fourth-order valence-electron chi connectivity index (χ4n) is 4.09. The molecule has 3 heterocycles. The molecule has 0 bridgehead atoms. The zero-order valence-electron chi connectivity index (χ0n) is 18.6. The summed E-state index contributed by atoms with van der Waals surface area (Å²) in [5.74, 6) is 0. The fourth-order valence-corrected chi connectivity index (χ4v) is 4.25. The number of hydrogen-bond acceptors (Lipinski definition) is 5. The van der Waals surface area contributed by atoms with E-state index >= 15 is 0 Å². The molecule has 0 amide bonds. The van der Waals surface area contributed by atoms with Crippen molar-refractivity contribution >= 4 is 23.8 Å². The summed E-state index contributed by atoms with van der Waals surface area (Å²) in [6.07, 6.45) is 9.88. The third-order valence-corrected chi connectivity index (χ3v) is 6.09. The number of aromatic nitrogens is 1. The Balaban J connectivity index is 0.000000472. The van der Waals surface area contributed by atoms with Gasteiger partial charge in [0.15, 0.2) is 0 Å². The van der Waals surface area contributed by atoms with Crippen molar-refractivity contribution in [2.75, 3.05) is 31.1 Å². The van der Waals surface area contributed by atoms with Gasteiger partial charge in [0.05, 0.1) is 23.3 Å². The lowest BCUT2D eigenvalue weighted by Gasteiger charge is -2.49. The largest absolute Gasteiger partial charge is 0.483 e. The van der Waals surface area contributed by atoms with Crippen molar-refractivity contribution < 1.29 is 14.6 Å². The van der Waals surface area contributed by atoms with E-state index in [0.717, 1.165) is 25.8 Å². The van der Waals surface area contributed by atoms with Crippen LogP contribution in [0.15, 0.2) is 17.1 Å². The molecular weight excluding hydrogens is 406 g/mol. The van der Waals surface area contributed by atoms with Crippen LogP contribution in [0.1, 0.15) is 65.7 Å². The number of aromatic amines is 1. The lowest BCUT2D eigenvalue weighted by atomic mass is 9.84. The molecule has 0 aliphatic carbocycles. The Kier molecular flexibility index (Phi) is 12.7. The molecule has 1 aromatic rings. The minimum atomic E-state index is -0.250. The topological polar surface area (TPSA) is 94.7 Å². The van der Waals surface area contributed by atoms with Gasteiger partial charge in [-0.3, -0.25) is 9.59 Å². The van der Waals surface area contributed by atoms with Gasteiger partial charge in [-0.25, -0.2) is 0 Å². The summed E-state index contributed by atoms with van der Waals surface area (Å²) in [5, 5.41) is 10.7. The number of halogens is 1. The lowest BCUT2D eigenvalue weighted by Crippen LogP contribution is -2.59. The molecular formula is C22H38ClN3O4. The number of pyridine rings is 1. The third-order valence-electron chi connectivity index (χ3n) is 5.87. The minimum absolute atomic E-state index is 0.0864. The number of carbonyl (C=O) groups is 1. The Labute approximate surface area is 185 Å². The van der Waals surface area contributed by atoms with E-state index in [1.54, 1.807) is 6.07 Å². The van der Waals surface area contributed by atoms with E-state index in [2.05, 4.69) is 36.0 Å². The molecule has 1 aromatic heterocycles. The van der Waals surface area contributed by atoms with Crippen LogP contribution in [0.5, 0.6) is 0 Å². The van der Waals surface area contributed by atoms with Gasteiger partial charge in [0.2, 0.25) is 0 Å². The van der Waals surface area contributed by atoms with Gasteiger partial charge in [0, 0.05) is 12.7 Å². The second-order valence-corrected chi connectivity index (χ2v) is 8.12. The zero-order chi connectivity index (χ0) is 22.4. The molecule has 2 aliphatic heterocycles.